The van der Waals surface area contributed by atoms with Crippen LogP contribution in [0.3, 0.4) is 0 Å². The molecule has 10 nitrogen and oxygen atoms in total. The monoisotopic (exact) mass is 686 g/mol. The number of hydrogen-bond acceptors (Lipinski definition) is 10. The number of rotatable bonds is 23. The van der Waals surface area contributed by atoms with Crippen molar-refractivity contribution in [3.05, 3.63) is 109 Å². The highest BCUT2D eigenvalue weighted by molar-refractivity contribution is 5.92. The number of esters is 4. The topological polar surface area (TPSA) is 124 Å². The fraction of sp³-hybridized carbons (Fsp3) is 0.350. The molecule has 0 N–H and O–H groups in total. The van der Waals surface area contributed by atoms with Gasteiger partial charge in [0.15, 0.2) is 0 Å². The molecular weight excluding hydrogens is 640 g/mol. The molecule has 0 saturated carbocycles. The third kappa shape index (κ3) is 14.4. The summed E-state index contributed by atoms with van der Waals surface area (Å²) in [5, 5.41) is 0. The fourth-order valence-electron chi connectivity index (χ4n) is 4.65. The Hall–Kier alpha value is -5.38. The van der Waals surface area contributed by atoms with Crippen LogP contribution in [0.2, 0.25) is 0 Å². The van der Waals surface area contributed by atoms with Gasteiger partial charge in [0.25, 0.3) is 0 Å². The molecule has 0 fully saturated rings. The van der Waals surface area contributed by atoms with Gasteiger partial charge in [-0.3, -0.25) is 0 Å². The van der Waals surface area contributed by atoms with Gasteiger partial charge in [0.1, 0.15) is 23.0 Å². The Morgan fingerprint density at radius 1 is 0.540 bits per heavy atom. The van der Waals surface area contributed by atoms with Gasteiger partial charge in [0, 0.05) is 12.2 Å². The average Bonchev–Trinajstić information content (AvgIpc) is 3.14. The molecule has 0 saturated heterocycles. The van der Waals surface area contributed by atoms with E-state index in [1.165, 1.54) is 0 Å². The van der Waals surface area contributed by atoms with Crippen molar-refractivity contribution in [2.75, 3.05) is 26.4 Å². The molecule has 3 rings (SSSR count). The van der Waals surface area contributed by atoms with Crippen LogP contribution in [0.4, 0.5) is 0 Å². The number of unbranched alkanes of at least 4 members (excludes halogenated alkanes) is 6. The number of carbonyl (C=O) groups is 4. The minimum atomic E-state index is -0.519. The molecule has 10 heteroatoms. The van der Waals surface area contributed by atoms with E-state index in [0.717, 1.165) is 63.5 Å². The lowest BCUT2D eigenvalue weighted by Crippen LogP contribution is -2.11. The first-order chi connectivity index (χ1) is 24.3. The lowest BCUT2D eigenvalue weighted by Gasteiger charge is -2.12. The molecule has 266 valence electrons. The van der Waals surface area contributed by atoms with Crippen LogP contribution in [0.15, 0.2) is 92.0 Å². The minimum absolute atomic E-state index is 0.337. The van der Waals surface area contributed by atoms with Crippen molar-refractivity contribution < 1.29 is 47.6 Å². The summed E-state index contributed by atoms with van der Waals surface area (Å²) in [6, 6.07) is 18.4. The zero-order chi connectivity index (χ0) is 36.0. The summed E-state index contributed by atoms with van der Waals surface area (Å²) in [4.78, 5) is 47.7. The summed E-state index contributed by atoms with van der Waals surface area (Å²) in [6.45, 7) is 10.5. The Bertz CT molecular complexity index is 1540. The molecule has 0 atom stereocenters. The van der Waals surface area contributed by atoms with E-state index in [1.54, 1.807) is 66.7 Å². The Kier molecular flexibility index (Phi) is 17.4. The molecule has 3 aromatic carbocycles. The highest BCUT2D eigenvalue weighted by atomic mass is 16.5. The van der Waals surface area contributed by atoms with E-state index in [0.29, 0.717) is 72.5 Å². The smallest absolute Gasteiger partial charge is 0.343 e. The van der Waals surface area contributed by atoms with Crippen LogP contribution in [0.25, 0.3) is 0 Å². The molecular formula is C40H46O10. The predicted octanol–water partition coefficient (Wildman–Crippen LogP) is 8.02. The third-order valence-corrected chi connectivity index (χ3v) is 7.44. The highest BCUT2D eigenvalue weighted by Gasteiger charge is 2.15. The molecule has 0 aliphatic rings. The largest absolute Gasteiger partial charge is 0.494 e. The van der Waals surface area contributed by atoms with Crippen molar-refractivity contribution in [2.24, 2.45) is 0 Å². The third-order valence-electron chi connectivity index (χ3n) is 7.44. The van der Waals surface area contributed by atoms with E-state index in [9.17, 15) is 19.2 Å². The molecule has 0 amide bonds. The first-order valence-electron chi connectivity index (χ1n) is 16.9. The quantitative estimate of drug-likeness (QED) is 0.0419. The van der Waals surface area contributed by atoms with Gasteiger partial charge in [-0.1, -0.05) is 20.1 Å². The van der Waals surface area contributed by atoms with Crippen LogP contribution in [0.1, 0.15) is 84.6 Å². The number of ether oxygens (including phenoxy) is 6. The van der Waals surface area contributed by atoms with E-state index in [-0.39, 0.29) is 0 Å². The molecule has 0 aromatic heterocycles. The zero-order valence-electron chi connectivity index (χ0n) is 28.7. The molecule has 0 spiro atoms. The molecule has 0 heterocycles. The Morgan fingerprint density at radius 2 is 0.960 bits per heavy atom. The zero-order valence-corrected chi connectivity index (χ0v) is 28.7. The summed E-state index contributed by atoms with van der Waals surface area (Å²) in [5.74, 6) is 0.180. The lowest BCUT2D eigenvalue weighted by molar-refractivity contribution is -0.138. The molecule has 0 radical (unpaired) electrons. The van der Waals surface area contributed by atoms with Gasteiger partial charge < -0.3 is 28.4 Å². The molecule has 3 aromatic rings. The Labute approximate surface area is 294 Å². The minimum Gasteiger partial charge on any atom is -0.494 e. The van der Waals surface area contributed by atoms with E-state index in [2.05, 4.69) is 13.2 Å². The second-order valence-electron chi connectivity index (χ2n) is 11.2. The molecule has 50 heavy (non-hydrogen) atoms. The van der Waals surface area contributed by atoms with Gasteiger partial charge in [0.2, 0.25) is 0 Å². The van der Waals surface area contributed by atoms with Gasteiger partial charge in [-0.05, 0) is 130 Å². The molecule has 0 unspecified atom stereocenters. The predicted molar refractivity (Wildman–Crippen MR) is 189 cm³/mol. The van der Waals surface area contributed by atoms with E-state index in [4.69, 9.17) is 28.4 Å². The first-order valence-corrected chi connectivity index (χ1v) is 16.9. The number of benzene rings is 3. The van der Waals surface area contributed by atoms with Crippen molar-refractivity contribution >= 4 is 23.9 Å². The molecule has 0 bridgehead atoms. The molecule has 0 aliphatic heterocycles. The highest BCUT2D eigenvalue weighted by Crippen LogP contribution is 2.27. The maximum absolute atomic E-state index is 12.9. The summed E-state index contributed by atoms with van der Waals surface area (Å²) in [6.07, 6.45) is 9.89. The van der Waals surface area contributed by atoms with Gasteiger partial charge >= 0.3 is 23.9 Å². The van der Waals surface area contributed by atoms with Gasteiger partial charge in [-0.25, -0.2) is 19.2 Å². The van der Waals surface area contributed by atoms with E-state index >= 15 is 0 Å². The number of hydrogen-bond donors (Lipinski definition) is 0. The lowest BCUT2D eigenvalue weighted by atomic mass is 10.1. The van der Waals surface area contributed by atoms with Crippen molar-refractivity contribution in [1.82, 2.24) is 0 Å². The Morgan fingerprint density at radius 3 is 1.40 bits per heavy atom. The van der Waals surface area contributed by atoms with Gasteiger partial charge in [-0.2, -0.15) is 0 Å². The standard InChI is InChI=1S/C40H46O10/c1-4-30-29-35(49-39(43)31-15-19-33(20-16-31)45-25-11-7-9-13-27-47-37(41)5-2)23-24-36(30)50-40(44)32-17-21-34(22-18-32)46-26-12-8-10-14-28-48-38(42)6-3/h5-6,15-24,29H,2-4,7-14,25-28H2,1H3. The van der Waals surface area contributed by atoms with Crippen molar-refractivity contribution in [2.45, 2.75) is 64.7 Å². The van der Waals surface area contributed by atoms with Crippen LogP contribution in [-0.2, 0) is 25.5 Å². The molecule has 0 aliphatic carbocycles. The van der Waals surface area contributed by atoms with Crippen LogP contribution >= 0.6 is 0 Å². The number of carbonyl (C=O) groups excluding carboxylic acids is 4. The average molecular weight is 687 g/mol. The summed E-state index contributed by atoms with van der Waals surface area (Å²) in [7, 11) is 0. The fourth-order valence-corrected chi connectivity index (χ4v) is 4.65. The first kappa shape index (κ1) is 39.1. The second kappa shape index (κ2) is 22.3. The van der Waals surface area contributed by atoms with Crippen molar-refractivity contribution in [3.8, 4) is 23.0 Å². The van der Waals surface area contributed by atoms with Crippen LogP contribution < -0.4 is 18.9 Å². The van der Waals surface area contributed by atoms with Crippen LogP contribution in [-0.4, -0.2) is 50.3 Å². The SMILES string of the molecule is C=CC(=O)OCCCCCCOc1ccc(C(=O)Oc2ccc(OC(=O)c3ccc(OCCCCCCOC(=O)C=C)cc3)c(CC)c2)cc1. The van der Waals surface area contributed by atoms with Gasteiger partial charge in [0.05, 0.1) is 37.6 Å². The van der Waals surface area contributed by atoms with Crippen LogP contribution in [0.5, 0.6) is 23.0 Å². The number of aryl methyl sites for hydroxylation is 1. The Balaban J connectivity index is 1.39. The maximum atomic E-state index is 12.9. The van der Waals surface area contributed by atoms with Crippen molar-refractivity contribution in [3.63, 3.8) is 0 Å². The summed E-state index contributed by atoms with van der Waals surface area (Å²) >= 11 is 0. The second-order valence-corrected chi connectivity index (χ2v) is 11.2. The van der Waals surface area contributed by atoms with Crippen molar-refractivity contribution in [1.29, 1.82) is 0 Å². The van der Waals surface area contributed by atoms with Gasteiger partial charge in [-0.15, -0.1) is 0 Å². The van der Waals surface area contributed by atoms with E-state index in [1.807, 2.05) is 6.92 Å². The normalized spacial score (nSPS) is 10.4. The van der Waals surface area contributed by atoms with E-state index < -0.39 is 23.9 Å². The van der Waals surface area contributed by atoms with Crippen LogP contribution in [0, 0.1) is 0 Å². The maximum Gasteiger partial charge on any atom is 0.343 e. The summed E-state index contributed by atoms with van der Waals surface area (Å²) < 4.78 is 32.7. The summed E-state index contributed by atoms with van der Waals surface area (Å²) in [5.41, 5.74) is 1.46.